The van der Waals surface area contributed by atoms with Gasteiger partial charge in [-0.15, -0.1) is 0 Å². The molecule has 1 aromatic rings. The maximum absolute atomic E-state index is 12.6. The summed E-state index contributed by atoms with van der Waals surface area (Å²) in [6, 6.07) is 0.658. The van der Waals surface area contributed by atoms with Gasteiger partial charge in [0.1, 0.15) is 6.61 Å². The van der Waals surface area contributed by atoms with Crippen LogP contribution in [0.25, 0.3) is 0 Å². The summed E-state index contributed by atoms with van der Waals surface area (Å²) in [5.74, 6) is -0.284. The first-order chi connectivity index (χ1) is 8.81. The van der Waals surface area contributed by atoms with Crippen LogP contribution in [0.3, 0.4) is 0 Å². The Morgan fingerprint density at radius 3 is 2.79 bits per heavy atom. The number of rotatable bonds is 5. The lowest BCUT2D eigenvalue weighted by molar-refractivity contribution is 0.0647. The zero-order valence-electron chi connectivity index (χ0n) is 9.77. The molecule has 0 aliphatic rings. The van der Waals surface area contributed by atoms with Crippen LogP contribution in [0.1, 0.15) is 13.5 Å². The molecule has 1 rings (SSSR count). The van der Waals surface area contributed by atoms with Crippen molar-refractivity contribution in [3.63, 3.8) is 0 Å². The summed E-state index contributed by atoms with van der Waals surface area (Å²) < 4.78 is 30.6. The number of hydrogen-bond donors (Lipinski definition) is 2. The average molecular weight is 341 g/mol. The van der Waals surface area contributed by atoms with Crippen molar-refractivity contribution < 1.29 is 23.4 Å². The number of amides is 1. The van der Waals surface area contributed by atoms with Crippen molar-refractivity contribution in [3.05, 3.63) is 27.1 Å². The molecule has 0 radical (unpaired) electrons. The summed E-state index contributed by atoms with van der Waals surface area (Å²) >= 11 is 2.98. The molecule has 0 aliphatic carbocycles. The number of alkyl halides is 2. The highest BCUT2D eigenvalue weighted by atomic mass is 79.9. The third-order valence-electron chi connectivity index (χ3n) is 2.05. The van der Waals surface area contributed by atoms with Crippen LogP contribution in [-0.2, 0) is 0 Å². The van der Waals surface area contributed by atoms with Crippen molar-refractivity contribution in [2.24, 2.45) is 0 Å². The minimum atomic E-state index is -2.98. The van der Waals surface area contributed by atoms with Crippen LogP contribution in [0, 0.1) is 0 Å². The van der Waals surface area contributed by atoms with Gasteiger partial charge in [0.25, 0.3) is 5.56 Å². The van der Waals surface area contributed by atoms with E-state index in [1.807, 2.05) is 0 Å². The zero-order valence-corrected chi connectivity index (χ0v) is 11.4. The van der Waals surface area contributed by atoms with Crippen LogP contribution < -0.4 is 15.6 Å². The molecule has 9 heteroatoms. The molecule has 1 unspecified atom stereocenters. The van der Waals surface area contributed by atoms with E-state index >= 15 is 0 Å². The topological polar surface area (TPSA) is 80.6 Å². The number of halogens is 3. The highest BCUT2D eigenvalue weighted by molar-refractivity contribution is 9.10. The van der Waals surface area contributed by atoms with E-state index in [0.29, 0.717) is 0 Å². The smallest absolute Gasteiger partial charge is 0.404 e. The second-order valence-corrected chi connectivity index (χ2v) is 4.59. The van der Waals surface area contributed by atoms with Gasteiger partial charge in [0.15, 0.2) is 5.75 Å². The van der Waals surface area contributed by atoms with Gasteiger partial charge >= 0.3 is 12.6 Å². The number of ether oxygens (including phenoxy) is 1. The number of aromatic nitrogens is 1. The van der Waals surface area contributed by atoms with Crippen molar-refractivity contribution in [1.82, 2.24) is 9.88 Å². The van der Waals surface area contributed by atoms with Gasteiger partial charge in [-0.3, -0.25) is 9.36 Å². The molecule has 0 saturated heterocycles. The lowest BCUT2D eigenvalue weighted by Crippen LogP contribution is -2.36. The van der Waals surface area contributed by atoms with E-state index in [9.17, 15) is 18.4 Å². The van der Waals surface area contributed by atoms with Crippen molar-refractivity contribution in [2.45, 2.75) is 19.5 Å². The van der Waals surface area contributed by atoms with Crippen LogP contribution in [-0.4, -0.2) is 28.4 Å². The third kappa shape index (κ3) is 4.51. The SMILES string of the molecule is CC(COc1cc(Br)cn(C(F)F)c1=O)NC(=O)O. The molecule has 0 bridgehead atoms. The van der Waals surface area contributed by atoms with Gasteiger partial charge in [0, 0.05) is 16.7 Å². The van der Waals surface area contributed by atoms with E-state index in [2.05, 4.69) is 21.2 Å². The Bertz CT molecular complexity index is 521. The van der Waals surface area contributed by atoms with Crippen molar-refractivity contribution in [3.8, 4) is 5.75 Å². The van der Waals surface area contributed by atoms with Gasteiger partial charge in [0.2, 0.25) is 0 Å². The van der Waals surface area contributed by atoms with E-state index in [0.717, 1.165) is 6.20 Å². The van der Waals surface area contributed by atoms with E-state index in [1.54, 1.807) is 0 Å². The molecule has 0 saturated carbocycles. The summed E-state index contributed by atoms with van der Waals surface area (Å²) in [5, 5.41) is 10.6. The van der Waals surface area contributed by atoms with E-state index in [-0.39, 0.29) is 21.4 Å². The minimum absolute atomic E-state index is 0.152. The molecule has 0 spiro atoms. The fourth-order valence-corrected chi connectivity index (χ4v) is 1.69. The first-order valence-corrected chi connectivity index (χ1v) is 5.92. The third-order valence-corrected chi connectivity index (χ3v) is 2.48. The molecule has 1 aromatic heterocycles. The first-order valence-electron chi connectivity index (χ1n) is 5.13. The molecule has 1 atom stereocenters. The second-order valence-electron chi connectivity index (χ2n) is 3.67. The summed E-state index contributed by atoms with van der Waals surface area (Å²) in [7, 11) is 0. The molecule has 19 heavy (non-hydrogen) atoms. The van der Waals surface area contributed by atoms with Crippen LogP contribution >= 0.6 is 15.9 Å². The van der Waals surface area contributed by atoms with Crippen molar-refractivity contribution in [1.29, 1.82) is 0 Å². The maximum atomic E-state index is 12.6. The van der Waals surface area contributed by atoms with Crippen LogP contribution in [0.5, 0.6) is 5.75 Å². The fraction of sp³-hybridized carbons (Fsp3) is 0.400. The molecule has 2 N–H and O–H groups in total. The van der Waals surface area contributed by atoms with Crippen LogP contribution in [0.2, 0.25) is 0 Å². The lowest BCUT2D eigenvalue weighted by Gasteiger charge is -2.14. The van der Waals surface area contributed by atoms with Gasteiger partial charge in [-0.05, 0) is 22.9 Å². The minimum Gasteiger partial charge on any atom is -0.486 e. The van der Waals surface area contributed by atoms with Gasteiger partial charge in [-0.2, -0.15) is 8.78 Å². The Hall–Kier alpha value is -1.64. The Balaban J connectivity index is 2.84. The molecule has 0 fully saturated rings. The molecule has 0 aliphatic heterocycles. The Morgan fingerprint density at radius 1 is 1.63 bits per heavy atom. The van der Waals surface area contributed by atoms with Crippen LogP contribution in [0.15, 0.2) is 21.5 Å². The van der Waals surface area contributed by atoms with Gasteiger partial charge < -0.3 is 15.2 Å². The highest BCUT2D eigenvalue weighted by Crippen LogP contribution is 2.17. The standard InChI is InChI=1S/C10H11BrF2N2O4/c1-5(14-10(17)18)4-19-7-2-6(11)3-15(8(7)16)9(12)13/h2-3,5,9,14H,4H2,1H3,(H,17,18). The van der Waals surface area contributed by atoms with Gasteiger partial charge in [-0.25, -0.2) is 4.79 Å². The molecule has 1 heterocycles. The summed E-state index contributed by atoms with van der Waals surface area (Å²) in [5.41, 5.74) is -0.985. The number of carbonyl (C=O) groups is 1. The molecule has 106 valence electrons. The Morgan fingerprint density at radius 2 is 2.26 bits per heavy atom. The molecule has 1 amide bonds. The summed E-state index contributed by atoms with van der Waals surface area (Å²) in [6.07, 6.45) is -0.297. The predicted octanol–water partition coefficient (Wildman–Crippen LogP) is 2.04. The summed E-state index contributed by atoms with van der Waals surface area (Å²) in [4.78, 5) is 21.9. The van der Waals surface area contributed by atoms with Gasteiger partial charge in [0.05, 0.1) is 6.04 Å². The normalized spacial score (nSPS) is 12.3. The Labute approximate surface area is 115 Å². The van der Waals surface area contributed by atoms with Crippen molar-refractivity contribution >= 4 is 22.0 Å². The quantitative estimate of drug-likeness (QED) is 0.859. The molecule has 0 aromatic carbocycles. The largest absolute Gasteiger partial charge is 0.486 e. The maximum Gasteiger partial charge on any atom is 0.404 e. The fourth-order valence-electron chi connectivity index (χ4n) is 1.26. The monoisotopic (exact) mass is 340 g/mol. The Kier molecular flexibility index (Phi) is 5.28. The number of nitrogens with one attached hydrogen (secondary N) is 1. The number of carboxylic acid groups (broad SMARTS) is 1. The highest BCUT2D eigenvalue weighted by Gasteiger charge is 2.14. The zero-order chi connectivity index (χ0) is 14.6. The number of pyridine rings is 1. The van der Waals surface area contributed by atoms with E-state index in [4.69, 9.17) is 9.84 Å². The molecular weight excluding hydrogens is 330 g/mol. The predicted molar refractivity (Wildman–Crippen MR) is 65.8 cm³/mol. The number of hydrogen-bond acceptors (Lipinski definition) is 3. The number of nitrogens with zero attached hydrogens (tertiary/aromatic N) is 1. The van der Waals surface area contributed by atoms with Crippen LogP contribution in [0.4, 0.5) is 13.6 Å². The van der Waals surface area contributed by atoms with Crippen molar-refractivity contribution in [2.75, 3.05) is 6.61 Å². The summed E-state index contributed by atoms with van der Waals surface area (Å²) in [6.45, 7) is -1.62. The van der Waals surface area contributed by atoms with Gasteiger partial charge in [-0.1, -0.05) is 0 Å². The van der Waals surface area contributed by atoms with E-state index in [1.165, 1.54) is 13.0 Å². The average Bonchev–Trinajstić information content (AvgIpc) is 2.28. The molecular formula is C10H11BrF2N2O4. The first kappa shape index (κ1) is 15.4. The lowest BCUT2D eigenvalue weighted by atomic mass is 10.3. The molecule has 6 nitrogen and oxygen atoms in total. The van der Waals surface area contributed by atoms with E-state index < -0.39 is 24.2 Å². The second kappa shape index (κ2) is 6.50.